The highest BCUT2D eigenvalue weighted by Crippen LogP contribution is 2.15. The van der Waals surface area contributed by atoms with Crippen molar-refractivity contribution in [2.75, 3.05) is 4.72 Å². The van der Waals surface area contributed by atoms with Crippen LogP contribution < -0.4 is 4.72 Å². The summed E-state index contributed by atoms with van der Waals surface area (Å²) in [5.74, 6) is -1.25. The molecule has 0 unspecified atom stereocenters. The molecule has 0 amide bonds. The molecule has 0 aromatic heterocycles. The molecule has 0 saturated carbocycles. The number of nitrogens with one attached hydrogen (secondary N) is 1. The highest BCUT2D eigenvalue weighted by molar-refractivity contribution is 14.1. The molecule has 0 atom stereocenters. The molecular formula is C14H12INO4S. The Morgan fingerprint density at radius 2 is 1.62 bits per heavy atom. The Labute approximate surface area is 136 Å². The van der Waals surface area contributed by atoms with Gasteiger partial charge in [0.2, 0.25) is 10.0 Å². The van der Waals surface area contributed by atoms with E-state index in [1.165, 1.54) is 24.3 Å². The minimum absolute atomic E-state index is 0.127. The Kier molecular flexibility index (Phi) is 4.84. The van der Waals surface area contributed by atoms with Gasteiger partial charge in [0.25, 0.3) is 0 Å². The van der Waals surface area contributed by atoms with Crippen molar-refractivity contribution < 1.29 is 18.3 Å². The number of carbonyl (C=O) groups is 1. The fraction of sp³-hybridized carbons (Fsp3) is 0.0714. The third-order valence-electron chi connectivity index (χ3n) is 2.68. The molecule has 2 rings (SSSR count). The molecule has 0 aliphatic rings. The van der Waals surface area contributed by atoms with Gasteiger partial charge in [0, 0.05) is 9.26 Å². The predicted molar refractivity (Wildman–Crippen MR) is 88.8 cm³/mol. The number of rotatable bonds is 5. The average molecular weight is 417 g/mol. The number of hydrogen-bond donors (Lipinski definition) is 2. The molecule has 0 aliphatic carbocycles. The molecule has 0 bridgehead atoms. The van der Waals surface area contributed by atoms with Gasteiger partial charge >= 0.3 is 5.97 Å². The van der Waals surface area contributed by atoms with Crippen molar-refractivity contribution in [1.82, 2.24) is 0 Å². The Hall–Kier alpha value is -1.61. The Bertz CT molecular complexity index is 740. The lowest BCUT2D eigenvalue weighted by molar-refractivity contribution is 0.0697. The normalized spacial score (nSPS) is 11.1. The van der Waals surface area contributed by atoms with Crippen molar-refractivity contribution >= 4 is 44.3 Å². The first-order valence-electron chi connectivity index (χ1n) is 5.94. The maximum Gasteiger partial charge on any atom is 0.335 e. The van der Waals surface area contributed by atoms with Gasteiger partial charge in [-0.25, -0.2) is 13.2 Å². The summed E-state index contributed by atoms with van der Waals surface area (Å²) in [6, 6.07) is 12.8. The first-order chi connectivity index (χ1) is 9.85. The number of aromatic carboxylic acids is 1. The van der Waals surface area contributed by atoms with Gasteiger partial charge in [0.1, 0.15) is 0 Å². The second-order valence-corrected chi connectivity index (χ2v) is 7.34. The largest absolute Gasteiger partial charge is 0.478 e. The van der Waals surface area contributed by atoms with Gasteiger partial charge < -0.3 is 5.11 Å². The molecule has 2 N–H and O–H groups in total. The second kappa shape index (κ2) is 6.44. The number of benzene rings is 2. The van der Waals surface area contributed by atoms with Gasteiger partial charge in [-0.1, -0.05) is 12.1 Å². The van der Waals surface area contributed by atoms with Crippen LogP contribution in [0, 0.1) is 3.57 Å². The van der Waals surface area contributed by atoms with E-state index in [-0.39, 0.29) is 11.3 Å². The average Bonchev–Trinajstić information content (AvgIpc) is 2.41. The van der Waals surface area contributed by atoms with Crippen LogP contribution >= 0.6 is 22.6 Å². The fourth-order valence-electron chi connectivity index (χ4n) is 1.70. The summed E-state index contributed by atoms with van der Waals surface area (Å²) in [6.45, 7) is 0. The number of halogens is 1. The summed E-state index contributed by atoms with van der Waals surface area (Å²) < 4.78 is 27.6. The maximum absolute atomic E-state index is 12.0. The van der Waals surface area contributed by atoms with Crippen molar-refractivity contribution in [2.24, 2.45) is 0 Å². The summed E-state index contributed by atoms with van der Waals surface area (Å²) >= 11 is 2.14. The number of carboxylic acid groups (broad SMARTS) is 1. The van der Waals surface area contributed by atoms with Crippen LogP contribution in [0.2, 0.25) is 0 Å². The molecule has 0 radical (unpaired) electrons. The molecular weight excluding hydrogens is 405 g/mol. The highest BCUT2D eigenvalue weighted by atomic mass is 127. The third-order valence-corrected chi connectivity index (χ3v) is 4.65. The lowest BCUT2D eigenvalue weighted by Gasteiger charge is -2.08. The van der Waals surface area contributed by atoms with Gasteiger partial charge in [-0.15, -0.1) is 0 Å². The summed E-state index contributed by atoms with van der Waals surface area (Å²) in [5, 5.41) is 8.79. The first kappa shape index (κ1) is 15.8. The zero-order valence-corrected chi connectivity index (χ0v) is 13.8. The van der Waals surface area contributed by atoms with Crippen LogP contribution in [-0.2, 0) is 15.8 Å². The van der Waals surface area contributed by atoms with E-state index in [1.807, 2.05) is 0 Å². The summed E-state index contributed by atoms with van der Waals surface area (Å²) in [7, 11) is -3.53. The molecule has 0 fully saturated rings. The van der Waals surface area contributed by atoms with E-state index >= 15 is 0 Å². The molecule has 2 aromatic rings. The van der Waals surface area contributed by atoms with Crippen LogP contribution in [0.4, 0.5) is 5.69 Å². The van der Waals surface area contributed by atoms with E-state index in [0.717, 1.165) is 3.57 Å². The second-order valence-electron chi connectivity index (χ2n) is 4.37. The Morgan fingerprint density at radius 3 is 2.14 bits per heavy atom. The van der Waals surface area contributed by atoms with E-state index in [2.05, 4.69) is 27.3 Å². The van der Waals surface area contributed by atoms with Crippen LogP contribution in [0.15, 0.2) is 48.5 Å². The van der Waals surface area contributed by atoms with E-state index < -0.39 is 16.0 Å². The summed E-state index contributed by atoms with van der Waals surface area (Å²) in [5.41, 5.74) is 1.15. The molecule has 0 heterocycles. The highest BCUT2D eigenvalue weighted by Gasteiger charge is 2.12. The fourth-order valence-corrected chi connectivity index (χ4v) is 3.25. The van der Waals surface area contributed by atoms with Crippen molar-refractivity contribution in [3.8, 4) is 0 Å². The molecule has 21 heavy (non-hydrogen) atoms. The molecule has 0 spiro atoms. The predicted octanol–water partition coefficient (Wildman–Crippen LogP) is 2.93. The van der Waals surface area contributed by atoms with E-state index in [9.17, 15) is 13.2 Å². The minimum Gasteiger partial charge on any atom is -0.478 e. The molecule has 110 valence electrons. The Morgan fingerprint density at radius 1 is 1.05 bits per heavy atom. The van der Waals surface area contributed by atoms with Gasteiger partial charge in [-0.05, 0) is 64.6 Å². The molecule has 2 aromatic carbocycles. The zero-order chi connectivity index (χ0) is 15.5. The standard InChI is InChI=1S/C14H12INO4S/c15-12-5-7-13(8-6-12)16-21(19,20)9-10-1-3-11(4-2-10)14(17)18/h1-8,16H,9H2,(H,17,18). The Balaban J connectivity index is 2.10. The van der Waals surface area contributed by atoms with E-state index in [1.54, 1.807) is 24.3 Å². The maximum atomic E-state index is 12.0. The molecule has 5 nitrogen and oxygen atoms in total. The lowest BCUT2D eigenvalue weighted by Crippen LogP contribution is -2.15. The van der Waals surface area contributed by atoms with Crippen molar-refractivity contribution in [2.45, 2.75) is 5.75 Å². The minimum atomic E-state index is -3.53. The topological polar surface area (TPSA) is 83.5 Å². The lowest BCUT2D eigenvalue weighted by atomic mass is 10.1. The number of anilines is 1. The summed E-state index contributed by atoms with van der Waals surface area (Å²) in [6.07, 6.45) is 0. The van der Waals surface area contributed by atoms with Crippen LogP contribution in [0.1, 0.15) is 15.9 Å². The van der Waals surface area contributed by atoms with Crippen LogP contribution in [0.5, 0.6) is 0 Å². The molecule has 0 saturated heterocycles. The molecule has 0 aliphatic heterocycles. The quantitative estimate of drug-likeness (QED) is 0.733. The van der Waals surface area contributed by atoms with Crippen molar-refractivity contribution in [3.05, 3.63) is 63.2 Å². The van der Waals surface area contributed by atoms with E-state index in [4.69, 9.17) is 5.11 Å². The summed E-state index contributed by atoms with van der Waals surface area (Å²) in [4.78, 5) is 10.7. The van der Waals surface area contributed by atoms with Gasteiger partial charge in [0.15, 0.2) is 0 Å². The first-order valence-corrected chi connectivity index (χ1v) is 8.67. The van der Waals surface area contributed by atoms with Crippen molar-refractivity contribution in [3.63, 3.8) is 0 Å². The smallest absolute Gasteiger partial charge is 0.335 e. The SMILES string of the molecule is O=C(O)c1ccc(CS(=O)(=O)Nc2ccc(I)cc2)cc1. The van der Waals surface area contributed by atoms with Crippen LogP contribution in [-0.4, -0.2) is 19.5 Å². The number of sulfonamides is 1. The number of carboxylic acids is 1. The monoisotopic (exact) mass is 417 g/mol. The van der Waals surface area contributed by atoms with Crippen LogP contribution in [0.3, 0.4) is 0 Å². The van der Waals surface area contributed by atoms with Gasteiger partial charge in [0.05, 0.1) is 11.3 Å². The number of hydrogen-bond acceptors (Lipinski definition) is 3. The molecule has 7 heteroatoms. The van der Waals surface area contributed by atoms with Gasteiger partial charge in [-0.2, -0.15) is 0 Å². The van der Waals surface area contributed by atoms with E-state index in [0.29, 0.717) is 11.3 Å². The zero-order valence-electron chi connectivity index (χ0n) is 10.8. The van der Waals surface area contributed by atoms with Crippen molar-refractivity contribution in [1.29, 1.82) is 0 Å². The van der Waals surface area contributed by atoms with Crippen LogP contribution in [0.25, 0.3) is 0 Å². The van der Waals surface area contributed by atoms with Gasteiger partial charge in [-0.3, -0.25) is 4.72 Å². The third kappa shape index (κ3) is 4.71.